The van der Waals surface area contributed by atoms with Gasteiger partial charge in [-0.1, -0.05) is 0 Å². The van der Waals surface area contributed by atoms with E-state index >= 15 is 0 Å². The van der Waals surface area contributed by atoms with E-state index in [1.54, 1.807) is 11.3 Å². The molecule has 0 bridgehead atoms. The van der Waals surface area contributed by atoms with Crippen molar-refractivity contribution in [2.75, 3.05) is 19.6 Å². The molecule has 0 aromatic carbocycles. The molecule has 19 heavy (non-hydrogen) atoms. The van der Waals surface area contributed by atoms with Gasteiger partial charge in [-0.05, 0) is 26.3 Å². The van der Waals surface area contributed by atoms with Crippen LogP contribution in [0.2, 0.25) is 0 Å². The molecule has 4 nitrogen and oxygen atoms in total. The third-order valence-electron chi connectivity index (χ3n) is 3.30. The Morgan fingerprint density at radius 2 is 2.37 bits per heavy atom. The molecule has 0 radical (unpaired) electrons. The van der Waals surface area contributed by atoms with Gasteiger partial charge in [0, 0.05) is 24.9 Å². The van der Waals surface area contributed by atoms with Crippen LogP contribution in [0.1, 0.15) is 25.5 Å². The van der Waals surface area contributed by atoms with Crippen molar-refractivity contribution in [1.29, 1.82) is 0 Å². The summed E-state index contributed by atoms with van der Waals surface area (Å²) in [5.74, 6) is 0.167. The van der Waals surface area contributed by atoms with Crippen LogP contribution in [0.15, 0.2) is 10.9 Å². The molecule has 2 rings (SSSR count). The lowest BCUT2D eigenvalue weighted by molar-refractivity contribution is -0.131. The van der Waals surface area contributed by atoms with Gasteiger partial charge in [-0.2, -0.15) is 0 Å². The van der Waals surface area contributed by atoms with Crippen LogP contribution in [0.25, 0.3) is 0 Å². The number of piperidine rings is 1. The van der Waals surface area contributed by atoms with Crippen molar-refractivity contribution in [2.24, 2.45) is 5.41 Å². The van der Waals surface area contributed by atoms with Crippen molar-refractivity contribution in [3.05, 3.63) is 16.6 Å². The van der Waals surface area contributed by atoms with Crippen molar-refractivity contribution >= 4 is 42.1 Å². The zero-order valence-electron chi connectivity index (χ0n) is 11.0. The second-order valence-electron chi connectivity index (χ2n) is 4.83. The summed E-state index contributed by atoms with van der Waals surface area (Å²) in [6.45, 7) is 4.53. The molecule has 1 saturated heterocycles. The number of hydrogen-bond acceptors (Lipinski definition) is 4. The average Bonchev–Trinajstić information content (AvgIpc) is 2.83. The van der Waals surface area contributed by atoms with Gasteiger partial charge in [0.2, 0.25) is 5.91 Å². The Bertz CT molecular complexity index is 367. The predicted octanol–water partition coefficient (Wildman–Crippen LogP) is 2.04. The van der Waals surface area contributed by atoms with E-state index in [2.05, 4.69) is 15.6 Å². The zero-order valence-corrected chi connectivity index (χ0v) is 13.4. The van der Waals surface area contributed by atoms with Crippen LogP contribution in [0.3, 0.4) is 0 Å². The van der Waals surface area contributed by atoms with Crippen molar-refractivity contribution < 1.29 is 4.79 Å². The molecule has 1 aliphatic heterocycles. The smallest absolute Gasteiger partial charge is 0.227 e. The van der Waals surface area contributed by atoms with Gasteiger partial charge in [-0.3, -0.25) is 4.79 Å². The molecule has 1 atom stereocenters. The van der Waals surface area contributed by atoms with Gasteiger partial charge >= 0.3 is 0 Å². The third-order valence-corrected chi connectivity index (χ3v) is 3.93. The van der Waals surface area contributed by atoms with E-state index in [1.165, 1.54) is 0 Å². The first-order valence-electron chi connectivity index (χ1n) is 6.07. The van der Waals surface area contributed by atoms with Crippen LogP contribution >= 0.6 is 36.2 Å². The highest BCUT2D eigenvalue weighted by molar-refractivity contribution is 7.07. The largest absolute Gasteiger partial charge is 0.355 e. The topological polar surface area (TPSA) is 54.0 Å². The molecule has 110 valence electrons. The Balaban J connectivity index is 0.00000162. The Morgan fingerprint density at radius 1 is 1.58 bits per heavy atom. The molecule has 1 aliphatic rings. The quantitative estimate of drug-likeness (QED) is 0.890. The highest BCUT2D eigenvalue weighted by Crippen LogP contribution is 2.25. The molecule has 1 aromatic heterocycles. The molecular formula is C12H21Cl2N3OS. The normalized spacial score (nSPS) is 21.9. The number of nitrogens with zero attached hydrogens (tertiary/aromatic N) is 1. The van der Waals surface area contributed by atoms with Crippen LogP contribution in [0.4, 0.5) is 0 Å². The lowest BCUT2D eigenvalue weighted by atomic mass is 9.82. The minimum Gasteiger partial charge on any atom is -0.355 e. The number of carbonyl (C=O) groups excluding carboxylic acids is 1. The van der Waals surface area contributed by atoms with Gasteiger partial charge in [0.05, 0.1) is 16.6 Å². The van der Waals surface area contributed by atoms with Gasteiger partial charge in [0.15, 0.2) is 0 Å². The molecule has 1 amide bonds. The molecular weight excluding hydrogens is 305 g/mol. The number of aromatic nitrogens is 1. The highest BCUT2D eigenvalue weighted by atomic mass is 35.5. The van der Waals surface area contributed by atoms with E-state index in [9.17, 15) is 4.79 Å². The summed E-state index contributed by atoms with van der Waals surface area (Å²) in [5, 5.41) is 8.33. The molecule has 0 aliphatic carbocycles. The summed E-state index contributed by atoms with van der Waals surface area (Å²) in [5.41, 5.74) is 2.64. The van der Waals surface area contributed by atoms with E-state index < -0.39 is 0 Å². The molecule has 1 aromatic rings. The first kappa shape index (κ1) is 18.6. The SMILES string of the molecule is CC1(C(=O)NCCc2cscn2)CCCNC1.Cl.Cl. The summed E-state index contributed by atoms with van der Waals surface area (Å²) >= 11 is 1.59. The van der Waals surface area contributed by atoms with E-state index in [4.69, 9.17) is 0 Å². The Kier molecular flexibility index (Phi) is 8.57. The molecule has 7 heteroatoms. The Labute approximate surface area is 130 Å². The van der Waals surface area contributed by atoms with E-state index in [1.807, 2.05) is 17.8 Å². The fourth-order valence-corrected chi connectivity index (χ4v) is 2.72. The minimum atomic E-state index is -0.236. The second kappa shape index (κ2) is 8.74. The zero-order chi connectivity index (χ0) is 12.1. The maximum atomic E-state index is 12.1. The number of thiazole rings is 1. The van der Waals surface area contributed by atoms with Crippen LogP contribution in [0.5, 0.6) is 0 Å². The van der Waals surface area contributed by atoms with E-state index in [0.29, 0.717) is 6.54 Å². The van der Waals surface area contributed by atoms with Crippen LogP contribution in [0, 0.1) is 5.41 Å². The molecule has 2 heterocycles. The minimum absolute atomic E-state index is 0. The van der Waals surface area contributed by atoms with Crippen molar-refractivity contribution in [2.45, 2.75) is 26.2 Å². The van der Waals surface area contributed by atoms with E-state index in [0.717, 1.165) is 38.0 Å². The van der Waals surface area contributed by atoms with Gasteiger partial charge < -0.3 is 10.6 Å². The molecule has 1 fully saturated rings. The van der Waals surface area contributed by atoms with Crippen molar-refractivity contribution in [1.82, 2.24) is 15.6 Å². The Hall–Kier alpha value is -0.360. The van der Waals surface area contributed by atoms with Crippen molar-refractivity contribution in [3.8, 4) is 0 Å². The standard InChI is InChI=1S/C12H19N3OS.2ClH/c1-12(4-2-5-13-8-12)11(16)14-6-3-10-7-17-9-15-10;;/h7,9,13H,2-6,8H2,1H3,(H,14,16);2*1H. The van der Waals surface area contributed by atoms with Gasteiger partial charge in [-0.25, -0.2) is 4.98 Å². The fraction of sp³-hybridized carbons (Fsp3) is 0.667. The average molecular weight is 326 g/mol. The lowest BCUT2D eigenvalue weighted by Gasteiger charge is -2.32. The Morgan fingerprint density at radius 3 is 2.95 bits per heavy atom. The number of amides is 1. The number of rotatable bonds is 4. The molecule has 1 unspecified atom stereocenters. The summed E-state index contributed by atoms with van der Waals surface area (Å²) in [6, 6.07) is 0. The first-order chi connectivity index (χ1) is 8.21. The summed E-state index contributed by atoms with van der Waals surface area (Å²) in [7, 11) is 0. The first-order valence-corrected chi connectivity index (χ1v) is 7.01. The number of nitrogens with one attached hydrogen (secondary N) is 2. The van der Waals surface area contributed by atoms with Crippen molar-refractivity contribution in [3.63, 3.8) is 0 Å². The molecule has 0 spiro atoms. The lowest BCUT2D eigenvalue weighted by Crippen LogP contribution is -2.49. The second-order valence-corrected chi connectivity index (χ2v) is 5.55. The van der Waals surface area contributed by atoms with Gasteiger partial charge in [-0.15, -0.1) is 36.2 Å². The molecule has 2 N–H and O–H groups in total. The predicted molar refractivity (Wildman–Crippen MR) is 83.5 cm³/mol. The fourth-order valence-electron chi connectivity index (χ4n) is 2.13. The maximum Gasteiger partial charge on any atom is 0.227 e. The van der Waals surface area contributed by atoms with Gasteiger partial charge in [0.1, 0.15) is 0 Å². The van der Waals surface area contributed by atoms with Crippen LogP contribution in [-0.4, -0.2) is 30.5 Å². The summed E-state index contributed by atoms with van der Waals surface area (Å²) in [4.78, 5) is 16.3. The van der Waals surface area contributed by atoms with Crippen LogP contribution in [-0.2, 0) is 11.2 Å². The van der Waals surface area contributed by atoms with Crippen LogP contribution < -0.4 is 10.6 Å². The number of halogens is 2. The van der Waals surface area contributed by atoms with E-state index in [-0.39, 0.29) is 36.1 Å². The third kappa shape index (κ3) is 5.26. The molecule has 0 saturated carbocycles. The monoisotopic (exact) mass is 325 g/mol. The number of hydrogen-bond donors (Lipinski definition) is 2. The summed E-state index contributed by atoms with van der Waals surface area (Å²) in [6.07, 6.45) is 2.87. The van der Waals surface area contributed by atoms with Gasteiger partial charge in [0.25, 0.3) is 0 Å². The highest BCUT2D eigenvalue weighted by Gasteiger charge is 2.34. The summed E-state index contributed by atoms with van der Waals surface area (Å²) < 4.78 is 0. The maximum absolute atomic E-state index is 12.1. The number of carbonyl (C=O) groups is 1.